The molecule has 0 aromatic carbocycles. The van der Waals surface area contributed by atoms with Gasteiger partial charge in [-0.05, 0) is 13.3 Å². The van der Waals surface area contributed by atoms with Crippen LogP contribution in [0.25, 0.3) is 0 Å². The van der Waals surface area contributed by atoms with E-state index in [9.17, 15) is 9.59 Å². The third-order valence-electron chi connectivity index (χ3n) is 3.01. The van der Waals surface area contributed by atoms with E-state index < -0.39 is 0 Å². The second kappa shape index (κ2) is 16.6. The van der Waals surface area contributed by atoms with Crippen molar-refractivity contribution >= 4 is 11.8 Å². The molecule has 2 N–H and O–H groups in total. The van der Waals surface area contributed by atoms with E-state index in [1.54, 1.807) is 0 Å². The molecule has 0 heterocycles. The monoisotopic (exact) mass is 348 g/mol. The second-order valence-corrected chi connectivity index (χ2v) is 5.20. The van der Waals surface area contributed by atoms with Crippen molar-refractivity contribution in [2.24, 2.45) is 0 Å². The van der Waals surface area contributed by atoms with Gasteiger partial charge in [0.15, 0.2) is 0 Å². The van der Waals surface area contributed by atoms with Crippen LogP contribution in [0.15, 0.2) is 0 Å². The van der Waals surface area contributed by atoms with Gasteiger partial charge in [0.25, 0.3) is 0 Å². The third-order valence-corrected chi connectivity index (χ3v) is 3.01. The van der Waals surface area contributed by atoms with Gasteiger partial charge in [0, 0.05) is 20.0 Å². The Morgan fingerprint density at radius 1 is 0.875 bits per heavy atom. The highest BCUT2D eigenvalue weighted by Gasteiger charge is 2.04. The van der Waals surface area contributed by atoms with Gasteiger partial charge in [-0.2, -0.15) is 0 Å². The third kappa shape index (κ3) is 17.1. The molecule has 1 unspecified atom stereocenters. The zero-order valence-corrected chi connectivity index (χ0v) is 15.1. The summed E-state index contributed by atoms with van der Waals surface area (Å²) in [4.78, 5) is 22.0. The number of carbonyl (C=O) groups excluding carboxylic acids is 2. The number of rotatable bonds is 16. The number of carbonyl (C=O) groups is 2. The molecule has 0 radical (unpaired) electrons. The molecular weight excluding hydrogens is 316 g/mol. The van der Waals surface area contributed by atoms with Crippen molar-refractivity contribution in [3.8, 4) is 0 Å². The molecule has 142 valence electrons. The molecule has 1 atom stereocenters. The topological polar surface area (TPSA) is 95.1 Å². The van der Waals surface area contributed by atoms with Crippen LogP contribution in [0.5, 0.6) is 0 Å². The Bertz CT molecular complexity index is 328. The zero-order valence-electron chi connectivity index (χ0n) is 15.1. The molecule has 2 amide bonds. The first-order valence-corrected chi connectivity index (χ1v) is 8.42. The Balaban J connectivity index is 3.17. The Morgan fingerprint density at radius 3 is 1.88 bits per heavy atom. The average Bonchev–Trinajstić information content (AvgIpc) is 2.56. The molecule has 0 spiro atoms. The summed E-state index contributed by atoms with van der Waals surface area (Å²) in [5.41, 5.74) is 0. The molecule has 0 aromatic heterocycles. The van der Waals surface area contributed by atoms with Gasteiger partial charge < -0.3 is 29.6 Å². The summed E-state index contributed by atoms with van der Waals surface area (Å²) in [5.74, 6) is -0.196. The van der Waals surface area contributed by atoms with Gasteiger partial charge in [0.2, 0.25) is 11.8 Å². The lowest BCUT2D eigenvalue weighted by Crippen LogP contribution is -2.32. The lowest BCUT2D eigenvalue weighted by Gasteiger charge is -2.11. The molecule has 0 aromatic rings. The maximum absolute atomic E-state index is 11.4. The van der Waals surface area contributed by atoms with Gasteiger partial charge in [0.05, 0.1) is 45.7 Å². The van der Waals surface area contributed by atoms with E-state index in [0.29, 0.717) is 52.7 Å². The normalized spacial score (nSPS) is 12.0. The molecule has 0 aliphatic rings. The lowest BCUT2D eigenvalue weighted by atomic mass is 10.3. The summed E-state index contributed by atoms with van der Waals surface area (Å²) in [7, 11) is 0. The summed E-state index contributed by atoms with van der Waals surface area (Å²) < 4.78 is 21.2. The number of ether oxygens (including phenoxy) is 4. The largest absolute Gasteiger partial charge is 0.377 e. The van der Waals surface area contributed by atoms with Gasteiger partial charge in [0.1, 0.15) is 6.61 Å². The smallest absolute Gasteiger partial charge is 0.246 e. The summed E-state index contributed by atoms with van der Waals surface area (Å²) in [6, 6.07) is 0. The summed E-state index contributed by atoms with van der Waals surface area (Å²) in [6.45, 7) is 9.26. The molecule has 0 saturated heterocycles. The second-order valence-electron chi connectivity index (χ2n) is 5.20. The summed E-state index contributed by atoms with van der Waals surface area (Å²) in [5, 5.41) is 5.36. The standard InChI is InChI=1S/C16H32N2O6/c1-4-14(2)24-13-16(20)18-6-8-22-10-12-23-11-9-21-7-5-17-15(3)19/h14H,4-13H2,1-3H3,(H,17,19)(H,18,20). The highest BCUT2D eigenvalue weighted by Crippen LogP contribution is 1.94. The number of hydrogen-bond donors (Lipinski definition) is 2. The van der Waals surface area contributed by atoms with Gasteiger partial charge in [-0.3, -0.25) is 9.59 Å². The zero-order chi connectivity index (χ0) is 18.0. The molecule has 0 fully saturated rings. The van der Waals surface area contributed by atoms with Crippen LogP contribution in [0, 0.1) is 0 Å². The molecule has 0 aliphatic heterocycles. The van der Waals surface area contributed by atoms with Crippen molar-refractivity contribution in [1.29, 1.82) is 0 Å². The van der Waals surface area contributed by atoms with Gasteiger partial charge in [-0.1, -0.05) is 6.92 Å². The van der Waals surface area contributed by atoms with Gasteiger partial charge in [-0.15, -0.1) is 0 Å². The first kappa shape index (κ1) is 22.8. The maximum atomic E-state index is 11.4. The SMILES string of the molecule is CCC(C)OCC(=O)NCCOCCOCCOCCNC(C)=O. The molecule has 0 aliphatic carbocycles. The van der Waals surface area contributed by atoms with Crippen molar-refractivity contribution in [3.63, 3.8) is 0 Å². The number of amides is 2. The van der Waals surface area contributed by atoms with E-state index in [1.807, 2.05) is 13.8 Å². The maximum Gasteiger partial charge on any atom is 0.246 e. The molecular formula is C16H32N2O6. The fourth-order valence-corrected chi connectivity index (χ4v) is 1.49. The van der Waals surface area contributed by atoms with Gasteiger partial charge >= 0.3 is 0 Å². The van der Waals surface area contributed by atoms with Crippen molar-refractivity contribution < 1.29 is 28.5 Å². The highest BCUT2D eigenvalue weighted by molar-refractivity contribution is 5.77. The number of hydrogen-bond acceptors (Lipinski definition) is 6. The molecule has 0 bridgehead atoms. The van der Waals surface area contributed by atoms with E-state index in [-0.39, 0.29) is 24.5 Å². The summed E-state index contributed by atoms with van der Waals surface area (Å²) in [6.07, 6.45) is 0.982. The van der Waals surface area contributed by atoms with Crippen LogP contribution in [0.2, 0.25) is 0 Å². The molecule has 0 rings (SSSR count). The van der Waals surface area contributed by atoms with Crippen molar-refractivity contribution in [2.45, 2.75) is 33.3 Å². The fourth-order valence-electron chi connectivity index (χ4n) is 1.49. The first-order valence-electron chi connectivity index (χ1n) is 8.42. The van der Waals surface area contributed by atoms with E-state index >= 15 is 0 Å². The molecule has 8 nitrogen and oxygen atoms in total. The average molecular weight is 348 g/mol. The van der Waals surface area contributed by atoms with Crippen LogP contribution in [-0.2, 0) is 28.5 Å². The predicted octanol–water partition coefficient (Wildman–Crippen LogP) is 0.104. The van der Waals surface area contributed by atoms with E-state index in [4.69, 9.17) is 18.9 Å². The van der Waals surface area contributed by atoms with Crippen LogP contribution < -0.4 is 10.6 Å². The minimum Gasteiger partial charge on any atom is -0.377 e. The van der Waals surface area contributed by atoms with Gasteiger partial charge in [-0.25, -0.2) is 0 Å². The molecule has 24 heavy (non-hydrogen) atoms. The lowest BCUT2D eigenvalue weighted by molar-refractivity contribution is -0.127. The van der Waals surface area contributed by atoms with Crippen LogP contribution in [0.4, 0.5) is 0 Å². The van der Waals surface area contributed by atoms with E-state index in [0.717, 1.165) is 6.42 Å². The first-order chi connectivity index (χ1) is 11.6. The Morgan fingerprint density at radius 2 is 1.38 bits per heavy atom. The van der Waals surface area contributed by atoms with Crippen LogP contribution in [-0.4, -0.2) is 77.3 Å². The predicted molar refractivity (Wildman–Crippen MR) is 89.9 cm³/mol. The Hall–Kier alpha value is -1.22. The Labute approximate surface area is 144 Å². The van der Waals surface area contributed by atoms with Crippen molar-refractivity contribution in [2.75, 3.05) is 59.3 Å². The fraction of sp³-hybridized carbons (Fsp3) is 0.875. The molecule has 0 saturated carbocycles. The highest BCUT2D eigenvalue weighted by atomic mass is 16.5. The summed E-state index contributed by atoms with van der Waals surface area (Å²) >= 11 is 0. The van der Waals surface area contributed by atoms with Crippen LogP contribution in [0.1, 0.15) is 27.2 Å². The van der Waals surface area contributed by atoms with E-state index in [2.05, 4.69) is 10.6 Å². The minimum absolute atomic E-state index is 0.0637. The van der Waals surface area contributed by atoms with Crippen molar-refractivity contribution in [1.82, 2.24) is 10.6 Å². The quantitative estimate of drug-likeness (QED) is 0.384. The number of nitrogens with one attached hydrogen (secondary N) is 2. The van der Waals surface area contributed by atoms with Crippen molar-refractivity contribution in [3.05, 3.63) is 0 Å². The van der Waals surface area contributed by atoms with E-state index in [1.165, 1.54) is 6.92 Å². The van der Waals surface area contributed by atoms with Crippen LogP contribution >= 0.6 is 0 Å². The Kier molecular flexibility index (Phi) is 15.8. The molecule has 8 heteroatoms. The van der Waals surface area contributed by atoms with Crippen LogP contribution in [0.3, 0.4) is 0 Å². The minimum atomic E-state index is -0.133.